The second-order valence-electron chi connectivity index (χ2n) is 6.66. The van der Waals surface area contributed by atoms with Crippen LogP contribution in [0.4, 0.5) is 17.5 Å². The summed E-state index contributed by atoms with van der Waals surface area (Å²) in [6.07, 6.45) is 1.85. The lowest BCUT2D eigenvalue weighted by Crippen LogP contribution is -2.47. The largest absolute Gasteiger partial charge is 0.366 e. The van der Waals surface area contributed by atoms with Gasteiger partial charge in [-0.2, -0.15) is 0 Å². The molecule has 0 atom stereocenters. The topological polar surface area (TPSA) is 57.2 Å². The first-order valence-corrected chi connectivity index (χ1v) is 9.32. The van der Waals surface area contributed by atoms with Crippen LogP contribution in [0, 0.1) is 6.92 Å². The summed E-state index contributed by atoms with van der Waals surface area (Å²) in [6, 6.07) is 18.4. The van der Waals surface area contributed by atoms with Gasteiger partial charge in [0.25, 0.3) is 0 Å². The maximum absolute atomic E-state index is 4.65. The minimum Gasteiger partial charge on any atom is -0.366 e. The zero-order valence-corrected chi connectivity index (χ0v) is 15.5. The number of piperazine rings is 1. The van der Waals surface area contributed by atoms with Crippen molar-refractivity contribution in [1.82, 2.24) is 15.0 Å². The fourth-order valence-corrected chi connectivity index (χ4v) is 3.30. The molecule has 0 bridgehead atoms. The lowest BCUT2D eigenvalue weighted by atomic mass is 10.2. The Morgan fingerprint density at radius 2 is 1.56 bits per heavy atom. The third-order valence-electron chi connectivity index (χ3n) is 4.72. The van der Waals surface area contributed by atoms with E-state index in [9.17, 15) is 0 Å². The molecular weight excluding hydrogens is 336 g/mol. The van der Waals surface area contributed by atoms with Crippen LogP contribution in [-0.4, -0.2) is 41.1 Å². The number of benzene rings is 1. The van der Waals surface area contributed by atoms with Crippen LogP contribution in [0.1, 0.15) is 11.4 Å². The average Bonchev–Trinajstić information content (AvgIpc) is 2.73. The lowest BCUT2D eigenvalue weighted by Gasteiger charge is -2.36. The molecule has 27 heavy (non-hydrogen) atoms. The highest BCUT2D eigenvalue weighted by Crippen LogP contribution is 2.20. The fourth-order valence-electron chi connectivity index (χ4n) is 3.30. The van der Waals surface area contributed by atoms with Gasteiger partial charge >= 0.3 is 0 Å². The molecule has 2 aromatic heterocycles. The van der Waals surface area contributed by atoms with Crippen molar-refractivity contribution in [2.75, 3.05) is 41.3 Å². The Hall–Kier alpha value is -3.15. The van der Waals surface area contributed by atoms with E-state index in [4.69, 9.17) is 0 Å². The van der Waals surface area contributed by atoms with Gasteiger partial charge in [0.05, 0.1) is 0 Å². The van der Waals surface area contributed by atoms with Gasteiger partial charge in [0.2, 0.25) is 0 Å². The van der Waals surface area contributed by atoms with Crippen LogP contribution in [0.15, 0.2) is 60.8 Å². The monoisotopic (exact) mass is 360 g/mol. The summed E-state index contributed by atoms with van der Waals surface area (Å²) in [6.45, 7) is 6.42. The van der Waals surface area contributed by atoms with E-state index < -0.39 is 0 Å². The highest BCUT2D eigenvalue weighted by Gasteiger charge is 2.19. The molecule has 1 aliphatic rings. The second-order valence-corrected chi connectivity index (χ2v) is 6.66. The van der Waals surface area contributed by atoms with Gasteiger partial charge < -0.3 is 15.1 Å². The summed E-state index contributed by atoms with van der Waals surface area (Å²) >= 11 is 0. The van der Waals surface area contributed by atoms with Crippen LogP contribution < -0.4 is 15.1 Å². The SMILES string of the molecule is Cc1nc(NCc2ccccc2)cc(N2CCN(c3ccccn3)CC2)n1. The van der Waals surface area contributed by atoms with Crippen molar-refractivity contribution in [3.05, 3.63) is 72.2 Å². The van der Waals surface area contributed by atoms with Gasteiger partial charge in [0.15, 0.2) is 0 Å². The molecule has 138 valence electrons. The Balaban J connectivity index is 1.41. The molecule has 0 saturated carbocycles. The number of rotatable bonds is 5. The van der Waals surface area contributed by atoms with Crippen LogP contribution in [0.3, 0.4) is 0 Å². The molecule has 1 N–H and O–H groups in total. The minimum atomic E-state index is 0.754. The first-order valence-electron chi connectivity index (χ1n) is 9.32. The normalized spacial score (nSPS) is 14.3. The van der Waals surface area contributed by atoms with Gasteiger partial charge in [-0.15, -0.1) is 0 Å². The maximum Gasteiger partial charge on any atom is 0.134 e. The van der Waals surface area contributed by atoms with Crippen molar-refractivity contribution < 1.29 is 0 Å². The molecule has 4 rings (SSSR count). The van der Waals surface area contributed by atoms with Crippen LogP contribution in [-0.2, 0) is 6.54 Å². The zero-order chi connectivity index (χ0) is 18.5. The molecule has 0 spiro atoms. The Bertz CT molecular complexity index is 860. The molecule has 0 unspecified atom stereocenters. The fraction of sp³-hybridized carbons (Fsp3) is 0.286. The molecular formula is C21H24N6. The summed E-state index contributed by atoms with van der Waals surface area (Å²) in [5.41, 5.74) is 1.24. The number of aryl methyl sites for hydroxylation is 1. The minimum absolute atomic E-state index is 0.754. The van der Waals surface area contributed by atoms with Crippen LogP contribution in [0.5, 0.6) is 0 Å². The third-order valence-corrected chi connectivity index (χ3v) is 4.72. The average molecular weight is 360 g/mol. The zero-order valence-electron chi connectivity index (χ0n) is 15.5. The first-order chi connectivity index (χ1) is 13.3. The quantitative estimate of drug-likeness (QED) is 0.754. The summed E-state index contributed by atoms with van der Waals surface area (Å²) in [5, 5.41) is 3.42. The van der Waals surface area contributed by atoms with Gasteiger partial charge in [0.1, 0.15) is 23.3 Å². The molecule has 3 aromatic rings. The second kappa shape index (κ2) is 8.03. The van der Waals surface area contributed by atoms with Crippen molar-refractivity contribution >= 4 is 17.5 Å². The molecule has 0 amide bonds. The molecule has 1 aromatic carbocycles. The highest BCUT2D eigenvalue weighted by molar-refractivity contribution is 5.51. The van der Waals surface area contributed by atoms with E-state index in [1.54, 1.807) is 0 Å². The smallest absolute Gasteiger partial charge is 0.134 e. The van der Waals surface area contributed by atoms with E-state index in [0.717, 1.165) is 56.0 Å². The van der Waals surface area contributed by atoms with E-state index in [1.807, 2.05) is 37.4 Å². The number of nitrogens with one attached hydrogen (secondary N) is 1. The lowest BCUT2D eigenvalue weighted by molar-refractivity contribution is 0.640. The van der Waals surface area contributed by atoms with Crippen LogP contribution >= 0.6 is 0 Å². The molecule has 1 saturated heterocycles. The van der Waals surface area contributed by atoms with Crippen LogP contribution in [0.2, 0.25) is 0 Å². The Morgan fingerprint density at radius 1 is 0.852 bits per heavy atom. The number of anilines is 3. The molecule has 6 heteroatoms. The van der Waals surface area contributed by atoms with Gasteiger partial charge in [-0.3, -0.25) is 0 Å². The van der Waals surface area contributed by atoms with Crippen molar-refractivity contribution in [2.24, 2.45) is 0 Å². The van der Waals surface area contributed by atoms with Crippen molar-refractivity contribution in [2.45, 2.75) is 13.5 Å². The van der Waals surface area contributed by atoms with Gasteiger partial charge in [-0.25, -0.2) is 15.0 Å². The molecule has 1 aliphatic heterocycles. The standard InChI is InChI=1S/C21H24N6/c1-17-24-19(23-16-18-7-3-2-4-8-18)15-21(25-17)27-13-11-26(12-14-27)20-9-5-6-10-22-20/h2-10,15H,11-14,16H2,1H3,(H,23,24,25). The summed E-state index contributed by atoms with van der Waals surface area (Å²) < 4.78 is 0. The Morgan fingerprint density at radius 3 is 2.26 bits per heavy atom. The highest BCUT2D eigenvalue weighted by atomic mass is 15.3. The van der Waals surface area contributed by atoms with E-state index >= 15 is 0 Å². The van der Waals surface area contributed by atoms with E-state index in [0.29, 0.717) is 0 Å². The third kappa shape index (κ3) is 4.34. The number of nitrogens with zero attached hydrogens (tertiary/aromatic N) is 5. The summed E-state index contributed by atoms with van der Waals surface area (Å²) in [7, 11) is 0. The predicted molar refractivity (Wildman–Crippen MR) is 109 cm³/mol. The molecule has 0 radical (unpaired) electrons. The number of hydrogen-bond acceptors (Lipinski definition) is 6. The number of pyridine rings is 1. The van der Waals surface area contributed by atoms with Gasteiger partial charge in [-0.05, 0) is 24.6 Å². The number of hydrogen-bond donors (Lipinski definition) is 1. The maximum atomic E-state index is 4.65. The van der Waals surface area contributed by atoms with E-state index in [-0.39, 0.29) is 0 Å². The first kappa shape index (κ1) is 17.3. The molecule has 0 aliphatic carbocycles. The van der Waals surface area contributed by atoms with Gasteiger partial charge in [0, 0.05) is 45.0 Å². The predicted octanol–water partition coefficient (Wildman–Crippen LogP) is 3.12. The summed E-state index contributed by atoms with van der Waals surface area (Å²) in [5.74, 6) is 3.68. The number of aromatic nitrogens is 3. The summed E-state index contributed by atoms with van der Waals surface area (Å²) in [4.78, 5) is 18.3. The van der Waals surface area contributed by atoms with Gasteiger partial charge in [-0.1, -0.05) is 36.4 Å². The van der Waals surface area contributed by atoms with E-state index in [1.165, 1.54) is 5.56 Å². The Labute approximate surface area is 159 Å². The van der Waals surface area contributed by atoms with Crippen molar-refractivity contribution in [1.29, 1.82) is 0 Å². The molecule has 6 nitrogen and oxygen atoms in total. The van der Waals surface area contributed by atoms with Crippen LogP contribution in [0.25, 0.3) is 0 Å². The van der Waals surface area contributed by atoms with Crippen molar-refractivity contribution in [3.8, 4) is 0 Å². The molecule has 3 heterocycles. The van der Waals surface area contributed by atoms with Crippen molar-refractivity contribution in [3.63, 3.8) is 0 Å². The Kier molecular flexibility index (Phi) is 5.14. The molecule has 1 fully saturated rings. The van der Waals surface area contributed by atoms with E-state index in [2.05, 4.69) is 60.4 Å².